The Kier molecular flexibility index (Phi) is 4.25. The minimum absolute atomic E-state index is 0.239. The molecular formula is C17H19NO2S. The molecule has 1 unspecified atom stereocenters. The van der Waals surface area contributed by atoms with Crippen LogP contribution in [0.2, 0.25) is 0 Å². The van der Waals surface area contributed by atoms with Gasteiger partial charge in [0.15, 0.2) is 11.5 Å². The lowest BCUT2D eigenvalue weighted by atomic mass is 10.1. The molecule has 2 aromatic carbocycles. The van der Waals surface area contributed by atoms with Crippen molar-refractivity contribution in [2.45, 2.75) is 17.9 Å². The summed E-state index contributed by atoms with van der Waals surface area (Å²) in [5.74, 6) is 1.64. The van der Waals surface area contributed by atoms with Gasteiger partial charge in [-0.25, -0.2) is 0 Å². The third-order valence-electron chi connectivity index (χ3n) is 3.54. The van der Waals surface area contributed by atoms with Crippen LogP contribution in [-0.4, -0.2) is 19.5 Å². The van der Waals surface area contributed by atoms with Gasteiger partial charge in [0, 0.05) is 22.7 Å². The zero-order valence-electron chi connectivity index (χ0n) is 12.3. The number of anilines is 1. The van der Waals surface area contributed by atoms with E-state index in [2.05, 4.69) is 42.8 Å². The fraction of sp³-hybridized carbons (Fsp3) is 0.294. The SMILES string of the molecule is CSc1ccc(C(C)Nc2ccc3c(c2)OCCO3)cc1. The quantitative estimate of drug-likeness (QED) is 0.850. The average Bonchev–Trinajstić information content (AvgIpc) is 2.55. The molecule has 2 aromatic rings. The van der Waals surface area contributed by atoms with Crippen molar-refractivity contribution in [1.29, 1.82) is 0 Å². The van der Waals surface area contributed by atoms with Crippen molar-refractivity contribution < 1.29 is 9.47 Å². The zero-order valence-corrected chi connectivity index (χ0v) is 13.1. The first-order valence-corrected chi connectivity index (χ1v) is 8.29. The van der Waals surface area contributed by atoms with Crippen molar-refractivity contribution in [2.75, 3.05) is 24.8 Å². The predicted molar refractivity (Wildman–Crippen MR) is 87.7 cm³/mol. The second kappa shape index (κ2) is 6.31. The number of hydrogen-bond acceptors (Lipinski definition) is 4. The Morgan fingerprint density at radius 2 is 1.71 bits per heavy atom. The highest BCUT2D eigenvalue weighted by Crippen LogP contribution is 2.33. The number of fused-ring (bicyclic) bond motifs is 1. The van der Waals surface area contributed by atoms with E-state index in [1.54, 1.807) is 11.8 Å². The van der Waals surface area contributed by atoms with Gasteiger partial charge in [0.25, 0.3) is 0 Å². The number of benzene rings is 2. The smallest absolute Gasteiger partial charge is 0.163 e. The van der Waals surface area contributed by atoms with Crippen LogP contribution in [0, 0.1) is 0 Å². The van der Waals surface area contributed by atoms with Crippen molar-refractivity contribution in [3.8, 4) is 11.5 Å². The second-order valence-electron chi connectivity index (χ2n) is 5.00. The van der Waals surface area contributed by atoms with Gasteiger partial charge in [0.05, 0.1) is 0 Å². The number of hydrogen-bond donors (Lipinski definition) is 1. The van der Waals surface area contributed by atoms with E-state index in [0.29, 0.717) is 13.2 Å². The first-order valence-electron chi connectivity index (χ1n) is 7.06. The van der Waals surface area contributed by atoms with Gasteiger partial charge >= 0.3 is 0 Å². The highest BCUT2D eigenvalue weighted by atomic mass is 32.2. The van der Waals surface area contributed by atoms with E-state index in [1.807, 2.05) is 18.2 Å². The molecule has 1 aliphatic heterocycles. The normalized spacial score (nSPS) is 14.6. The summed E-state index contributed by atoms with van der Waals surface area (Å²) in [6.45, 7) is 3.39. The maximum Gasteiger partial charge on any atom is 0.163 e. The van der Waals surface area contributed by atoms with Crippen molar-refractivity contribution in [2.24, 2.45) is 0 Å². The van der Waals surface area contributed by atoms with Crippen LogP contribution >= 0.6 is 11.8 Å². The molecule has 0 aliphatic carbocycles. The van der Waals surface area contributed by atoms with Crippen LogP contribution in [-0.2, 0) is 0 Å². The maximum absolute atomic E-state index is 5.61. The van der Waals surface area contributed by atoms with Crippen LogP contribution < -0.4 is 14.8 Å². The Morgan fingerprint density at radius 1 is 1.00 bits per heavy atom. The first-order chi connectivity index (χ1) is 10.3. The van der Waals surface area contributed by atoms with Gasteiger partial charge in [0.2, 0.25) is 0 Å². The topological polar surface area (TPSA) is 30.5 Å². The van der Waals surface area contributed by atoms with E-state index >= 15 is 0 Å². The van der Waals surface area contributed by atoms with Gasteiger partial charge in [-0.05, 0) is 43.0 Å². The molecule has 0 aromatic heterocycles. The molecule has 3 rings (SSSR count). The van der Waals surface area contributed by atoms with Crippen molar-refractivity contribution >= 4 is 17.4 Å². The Hall–Kier alpha value is -1.81. The van der Waals surface area contributed by atoms with E-state index in [9.17, 15) is 0 Å². The second-order valence-corrected chi connectivity index (χ2v) is 5.88. The minimum atomic E-state index is 0.239. The van der Waals surface area contributed by atoms with Crippen LogP contribution in [0.15, 0.2) is 47.4 Å². The van der Waals surface area contributed by atoms with Gasteiger partial charge in [-0.1, -0.05) is 12.1 Å². The molecule has 1 N–H and O–H groups in total. The van der Waals surface area contributed by atoms with Gasteiger partial charge < -0.3 is 14.8 Å². The molecule has 0 amide bonds. The van der Waals surface area contributed by atoms with Crippen LogP contribution in [0.4, 0.5) is 5.69 Å². The maximum atomic E-state index is 5.61. The molecule has 0 fully saturated rings. The molecular weight excluding hydrogens is 282 g/mol. The summed E-state index contributed by atoms with van der Waals surface area (Å²) < 4.78 is 11.2. The van der Waals surface area contributed by atoms with Crippen molar-refractivity contribution in [3.63, 3.8) is 0 Å². The highest BCUT2D eigenvalue weighted by molar-refractivity contribution is 7.98. The molecule has 1 atom stereocenters. The third-order valence-corrected chi connectivity index (χ3v) is 4.28. The van der Waals surface area contributed by atoms with Crippen LogP contribution in [0.5, 0.6) is 11.5 Å². The zero-order chi connectivity index (χ0) is 14.7. The fourth-order valence-electron chi connectivity index (χ4n) is 2.36. The number of rotatable bonds is 4. The first kappa shape index (κ1) is 14.1. The van der Waals surface area contributed by atoms with Crippen LogP contribution in [0.3, 0.4) is 0 Å². The summed E-state index contributed by atoms with van der Waals surface area (Å²) >= 11 is 1.76. The molecule has 110 valence electrons. The Bertz CT molecular complexity index is 613. The lowest BCUT2D eigenvalue weighted by Crippen LogP contribution is -2.15. The van der Waals surface area contributed by atoms with E-state index in [4.69, 9.17) is 9.47 Å². The van der Waals surface area contributed by atoms with Gasteiger partial charge in [-0.3, -0.25) is 0 Å². The molecule has 0 bridgehead atoms. The summed E-state index contributed by atoms with van der Waals surface area (Å²) in [5, 5.41) is 3.50. The lowest BCUT2D eigenvalue weighted by Gasteiger charge is -2.21. The molecule has 0 radical (unpaired) electrons. The van der Waals surface area contributed by atoms with E-state index in [1.165, 1.54) is 10.5 Å². The van der Waals surface area contributed by atoms with Crippen LogP contribution in [0.1, 0.15) is 18.5 Å². The van der Waals surface area contributed by atoms with Crippen molar-refractivity contribution in [3.05, 3.63) is 48.0 Å². The van der Waals surface area contributed by atoms with E-state index in [-0.39, 0.29) is 6.04 Å². The molecule has 0 spiro atoms. The molecule has 21 heavy (non-hydrogen) atoms. The summed E-state index contributed by atoms with van der Waals surface area (Å²) in [6.07, 6.45) is 2.09. The molecule has 0 saturated carbocycles. The summed E-state index contributed by atoms with van der Waals surface area (Å²) in [6, 6.07) is 14.9. The predicted octanol–water partition coefficient (Wildman–Crippen LogP) is 4.35. The number of nitrogens with one attached hydrogen (secondary N) is 1. The molecule has 0 saturated heterocycles. The van der Waals surface area contributed by atoms with E-state index in [0.717, 1.165) is 17.2 Å². The fourth-order valence-corrected chi connectivity index (χ4v) is 2.77. The standard InChI is InChI=1S/C17H19NO2S/c1-12(13-3-6-15(21-2)7-4-13)18-14-5-8-16-17(11-14)20-10-9-19-16/h3-8,11-12,18H,9-10H2,1-2H3. The van der Waals surface area contributed by atoms with Gasteiger partial charge in [-0.2, -0.15) is 0 Å². The number of thioether (sulfide) groups is 1. The highest BCUT2D eigenvalue weighted by Gasteiger charge is 2.13. The summed E-state index contributed by atoms with van der Waals surface area (Å²) in [7, 11) is 0. The molecule has 3 nitrogen and oxygen atoms in total. The van der Waals surface area contributed by atoms with Gasteiger partial charge in [0.1, 0.15) is 13.2 Å². The largest absolute Gasteiger partial charge is 0.486 e. The minimum Gasteiger partial charge on any atom is -0.486 e. The monoisotopic (exact) mass is 301 g/mol. The molecule has 1 aliphatic rings. The Balaban J connectivity index is 1.72. The van der Waals surface area contributed by atoms with Gasteiger partial charge in [-0.15, -0.1) is 11.8 Å². The third kappa shape index (κ3) is 3.27. The van der Waals surface area contributed by atoms with Crippen molar-refractivity contribution in [1.82, 2.24) is 0 Å². The van der Waals surface area contributed by atoms with Crippen LogP contribution in [0.25, 0.3) is 0 Å². The van der Waals surface area contributed by atoms with E-state index < -0.39 is 0 Å². The molecule has 4 heteroatoms. The Morgan fingerprint density at radius 3 is 2.43 bits per heavy atom. The number of ether oxygens (including phenoxy) is 2. The summed E-state index contributed by atoms with van der Waals surface area (Å²) in [5.41, 5.74) is 2.31. The Labute approximate surface area is 129 Å². The lowest BCUT2D eigenvalue weighted by molar-refractivity contribution is 0.171. The average molecular weight is 301 g/mol. The summed E-state index contributed by atoms with van der Waals surface area (Å²) in [4.78, 5) is 1.28. The molecule has 1 heterocycles.